The Kier molecular flexibility index (Phi) is 3.73. The van der Waals surface area contributed by atoms with Crippen LogP contribution in [-0.2, 0) is 9.47 Å². The summed E-state index contributed by atoms with van der Waals surface area (Å²) in [7, 11) is 3.12. The van der Waals surface area contributed by atoms with E-state index in [1.165, 1.54) is 0 Å². The van der Waals surface area contributed by atoms with E-state index in [-0.39, 0.29) is 0 Å². The van der Waals surface area contributed by atoms with Gasteiger partial charge in [-0.2, -0.15) is 5.10 Å². The lowest BCUT2D eigenvalue weighted by atomic mass is 10.4. The summed E-state index contributed by atoms with van der Waals surface area (Å²) in [4.78, 5) is 4.19. The number of ether oxygens (including phenoxy) is 2. The van der Waals surface area contributed by atoms with Gasteiger partial charge >= 0.3 is 0 Å². The lowest BCUT2D eigenvalue weighted by molar-refractivity contribution is -0.110. The van der Waals surface area contributed by atoms with E-state index in [0.29, 0.717) is 10.8 Å². The van der Waals surface area contributed by atoms with Crippen LogP contribution in [-0.4, -0.2) is 29.0 Å². The summed E-state index contributed by atoms with van der Waals surface area (Å²) in [6, 6.07) is 5.31. The molecule has 0 spiro atoms. The molecule has 2 aromatic heterocycles. The maximum Gasteiger partial charge on any atom is 0.200 e. The van der Waals surface area contributed by atoms with Crippen LogP contribution in [0, 0.1) is 0 Å². The molecule has 5 nitrogen and oxygen atoms in total. The molecule has 0 saturated carbocycles. The topological polar surface area (TPSA) is 49.2 Å². The highest BCUT2D eigenvalue weighted by Crippen LogP contribution is 2.23. The molecule has 0 fully saturated rings. The van der Waals surface area contributed by atoms with E-state index in [1.54, 1.807) is 49.5 Å². The van der Waals surface area contributed by atoms with E-state index in [4.69, 9.17) is 21.1 Å². The molecule has 17 heavy (non-hydrogen) atoms. The molecule has 0 unspecified atom stereocenters. The van der Waals surface area contributed by atoms with Crippen LogP contribution < -0.4 is 0 Å². The number of nitrogens with zero attached hydrogens (tertiary/aromatic N) is 3. The first-order valence-corrected chi connectivity index (χ1v) is 5.36. The van der Waals surface area contributed by atoms with Crippen molar-refractivity contribution in [3.63, 3.8) is 0 Å². The lowest BCUT2D eigenvalue weighted by Crippen LogP contribution is -2.12. The first kappa shape index (κ1) is 12.0. The fraction of sp³-hybridized carbons (Fsp3) is 0.273. The summed E-state index contributed by atoms with van der Waals surface area (Å²) >= 11 is 6.07. The highest BCUT2D eigenvalue weighted by molar-refractivity contribution is 6.32. The number of rotatable bonds is 4. The molecule has 0 aliphatic carbocycles. The van der Waals surface area contributed by atoms with E-state index in [9.17, 15) is 0 Å². The van der Waals surface area contributed by atoms with Gasteiger partial charge in [-0.15, -0.1) is 0 Å². The Hall–Kier alpha value is -1.43. The molecule has 0 saturated heterocycles. The summed E-state index contributed by atoms with van der Waals surface area (Å²) in [5.74, 6) is 0.549. The van der Waals surface area contributed by atoms with Gasteiger partial charge in [0.1, 0.15) is 5.69 Å². The number of hydrogen-bond donors (Lipinski definition) is 0. The molecule has 2 rings (SSSR count). The molecule has 2 heterocycles. The van der Waals surface area contributed by atoms with Crippen LogP contribution in [0.5, 0.6) is 0 Å². The van der Waals surface area contributed by atoms with E-state index >= 15 is 0 Å². The third kappa shape index (κ3) is 2.31. The molecule has 0 bridgehead atoms. The second-order valence-corrected chi connectivity index (χ2v) is 3.69. The Labute approximate surface area is 104 Å². The minimum atomic E-state index is -0.504. The monoisotopic (exact) mass is 253 g/mol. The summed E-state index contributed by atoms with van der Waals surface area (Å²) in [6.45, 7) is 0. The molecule has 0 aromatic carbocycles. The second kappa shape index (κ2) is 5.27. The van der Waals surface area contributed by atoms with E-state index in [2.05, 4.69) is 10.1 Å². The highest BCUT2D eigenvalue weighted by atomic mass is 35.5. The molecular weight excluding hydrogens is 242 g/mol. The Morgan fingerprint density at radius 2 is 2.00 bits per heavy atom. The van der Waals surface area contributed by atoms with Crippen molar-refractivity contribution in [2.24, 2.45) is 0 Å². The van der Waals surface area contributed by atoms with Crippen molar-refractivity contribution < 1.29 is 9.47 Å². The van der Waals surface area contributed by atoms with Gasteiger partial charge in [0.25, 0.3) is 0 Å². The fourth-order valence-electron chi connectivity index (χ4n) is 1.54. The number of aromatic nitrogens is 3. The van der Waals surface area contributed by atoms with Crippen LogP contribution in [0.3, 0.4) is 0 Å². The third-order valence-electron chi connectivity index (χ3n) is 2.28. The third-order valence-corrected chi connectivity index (χ3v) is 2.58. The van der Waals surface area contributed by atoms with E-state index in [1.807, 2.05) is 0 Å². The van der Waals surface area contributed by atoms with Gasteiger partial charge < -0.3 is 9.47 Å². The highest BCUT2D eigenvalue weighted by Gasteiger charge is 2.17. The maximum atomic E-state index is 6.07. The lowest BCUT2D eigenvalue weighted by Gasteiger charge is -2.15. The number of methoxy groups -OCH3 is 2. The molecule has 2 aromatic rings. The Morgan fingerprint density at radius 3 is 2.65 bits per heavy atom. The number of pyridine rings is 1. The van der Waals surface area contributed by atoms with Gasteiger partial charge in [-0.05, 0) is 18.2 Å². The first-order chi connectivity index (χ1) is 8.27. The van der Waals surface area contributed by atoms with Gasteiger partial charge in [0.05, 0.1) is 5.02 Å². The Balaban J connectivity index is 2.47. The molecule has 90 valence electrons. The summed E-state index contributed by atoms with van der Waals surface area (Å²) < 4.78 is 12.0. The fourth-order valence-corrected chi connectivity index (χ4v) is 1.74. The first-order valence-electron chi connectivity index (χ1n) is 4.98. The Bertz CT molecular complexity index is 497. The zero-order valence-corrected chi connectivity index (χ0v) is 10.3. The average molecular weight is 254 g/mol. The van der Waals surface area contributed by atoms with Crippen molar-refractivity contribution in [1.82, 2.24) is 14.8 Å². The predicted octanol–water partition coefficient (Wildman–Crippen LogP) is 2.21. The average Bonchev–Trinajstić information content (AvgIpc) is 2.80. The summed E-state index contributed by atoms with van der Waals surface area (Å²) in [5, 5.41) is 4.69. The molecular formula is C11H12ClN3O2. The molecule has 0 amide bonds. The molecule has 0 atom stereocenters. The maximum absolute atomic E-state index is 6.07. The van der Waals surface area contributed by atoms with Gasteiger partial charge in [-0.3, -0.25) is 0 Å². The quantitative estimate of drug-likeness (QED) is 0.784. The van der Waals surface area contributed by atoms with Crippen LogP contribution in [0.25, 0.3) is 5.82 Å². The minimum absolute atomic E-state index is 0.504. The summed E-state index contributed by atoms with van der Waals surface area (Å²) in [6.07, 6.45) is 2.79. The van der Waals surface area contributed by atoms with Gasteiger partial charge in [0.2, 0.25) is 6.29 Å². The van der Waals surface area contributed by atoms with Gasteiger partial charge in [-0.25, -0.2) is 9.67 Å². The number of halogens is 1. The van der Waals surface area contributed by atoms with Crippen LogP contribution >= 0.6 is 11.6 Å². The molecule has 6 heteroatoms. The standard InChI is InChI=1S/C11H12ClN3O2/c1-16-11(17-2)9-5-7-14-15(9)10-8(12)4-3-6-13-10/h3-7,11H,1-2H3. The van der Waals surface area contributed by atoms with Crippen LogP contribution in [0.1, 0.15) is 12.0 Å². The predicted molar refractivity (Wildman–Crippen MR) is 63.1 cm³/mol. The van der Waals surface area contributed by atoms with Crippen LogP contribution in [0.4, 0.5) is 0 Å². The van der Waals surface area contributed by atoms with Crippen molar-refractivity contribution >= 4 is 11.6 Å². The zero-order chi connectivity index (χ0) is 12.3. The van der Waals surface area contributed by atoms with Crippen molar-refractivity contribution in [3.8, 4) is 5.82 Å². The normalized spacial score (nSPS) is 11.1. The van der Waals surface area contributed by atoms with Crippen molar-refractivity contribution in [2.75, 3.05) is 14.2 Å². The molecule has 0 N–H and O–H groups in total. The van der Waals surface area contributed by atoms with Crippen molar-refractivity contribution in [3.05, 3.63) is 41.3 Å². The van der Waals surface area contributed by atoms with Crippen molar-refractivity contribution in [1.29, 1.82) is 0 Å². The van der Waals surface area contributed by atoms with Crippen molar-refractivity contribution in [2.45, 2.75) is 6.29 Å². The van der Waals surface area contributed by atoms with E-state index in [0.717, 1.165) is 5.69 Å². The Morgan fingerprint density at radius 1 is 1.24 bits per heavy atom. The molecule has 0 aliphatic rings. The summed E-state index contributed by atoms with van der Waals surface area (Å²) in [5.41, 5.74) is 0.732. The molecule has 0 radical (unpaired) electrons. The van der Waals surface area contributed by atoms with Crippen LogP contribution in [0.2, 0.25) is 5.02 Å². The zero-order valence-electron chi connectivity index (χ0n) is 9.50. The minimum Gasteiger partial charge on any atom is -0.350 e. The number of hydrogen-bond acceptors (Lipinski definition) is 4. The van der Waals surface area contributed by atoms with E-state index < -0.39 is 6.29 Å². The second-order valence-electron chi connectivity index (χ2n) is 3.28. The van der Waals surface area contributed by atoms with Crippen LogP contribution in [0.15, 0.2) is 30.6 Å². The van der Waals surface area contributed by atoms with Gasteiger partial charge in [0.15, 0.2) is 5.82 Å². The van der Waals surface area contributed by atoms with Gasteiger partial charge in [-0.1, -0.05) is 11.6 Å². The smallest absolute Gasteiger partial charge is 0.200 e. The largest absolute Gasteiger partial charge is 0.350 e. The molecule has 0 aliphatic heterocycles. The SMILES string of the molecule is COC(OC)c1ccnn1-c1ncccc1Cl. The van der Waals surface area contributed by atoms with Gasteiger partial charge in [0, 0.05) is 26.6 Å².